The summed E-state index contributed by atoms with van der Waals surface area (Å²) in [5.41, 5.74) is 0.470. The molecule has 0 unspecified atom stereocenters. The van der Waals surface area contributed by atoms with Gasteiger partial charge in [0.1, 0.15) is 18.3 Å². The first kappa shape index (κ1) is 12.1. The van der Waals surface area contributed by atoms with Gasteiger partial charge < -0.3 is 23.7 Å². The molecule has 2 saturated heterocycles. The van der Waals surface area contributed by atoms with Crippen LogP contribution in [0.1, 0.15) is 13.8 Å². The van der Waals surface area contributed by atoms with Crippen LogP contribution < -0.4 is 0 Å². The summed E-state index contributed by atoms with van der Waals surface area (Å²) in [7, 11) is 1.34. The Labute approximate surface area is 105 Å². The molecule has 0 aromatic heterocycles. The minimum atomic E-state index is -0.657. The molecule has 2 fully saturated rings. The third-order valence-corrected chi connectivity index (χ3v) is 3.27. The van der Waals surface area contributed by atoms with Crippen molar-refractivity contribution in [3.63, 3.8) is 0 Å². The van der Waals surface area contributed by atoms with Crippen LogP contribution in [0.2, 0.25) is 0 Å². The van der Waals surface area contributed by atoms with Crippen LogP contribution in [-0.2, 0) is 28.5 Å². The average molecular weight is 256 g/mol. The van der Waals surface area contributed by atoms with Crippen LogP contribution in [0.25, 0.3) is 0 Å². The zero-order chi connectivity index (χ0) is 12.9. The lowest BCUT2D eigenvalue weighted by molar-refractivity contribution is -0.213. The molecule has 0 radical (unpaired) electrons. The number of rotatable bonds is 1. The van der Waals surface area contributed by atoms with E-state index in [0.29, 0.717) is 5.57 Å². The minimum Gasteiger partial charge on any atom is -0.466 e. The van der Waals surface area contributed by atoms with E-state index in [2.05, 4.69) is 4.74 Å². The van der Waals surface area contributed by atoms with Crippen molar-refractivity contribution in [2.45, 2.75) is 44.2 Å². The topological polar surface area (TPSA) is 63.2 Å². The van der Waals surface area contributed by atoms with Gasteiger partial charge in [0.25, 0.3) is 0 Å². The number of carbonyl (C=O) groups excluding carboxylic acids is 1. The molecule has 0 bridgehead atoms. The lowest BCUT2D eigenvalue weighted by Crippen LogP contribution is -2.39. The molecule has 3 aliphatic heterocycles. The van der Waals surface area contributed by atoms with Crippen molar-refractivity contribution in [2.24, 2.45) is 0 Å². The van der Waals surface area contributed by atoms with Gasteiger partial charge in [-0.15, -0.1) is 0 Å². The molecule has 6 nitrogen and oxygen atoms in total. The largest absolute Gasteiger partial charge is 0.466 e. The maximum atomic E-state index is 11.4. The van der Waals surface area contributed by atoms with Gasteiger partial charge in [0, 0.05) is 0 Å². The SMILES string of the molecule is COC(=O)C1=C[C@H]2O[C@@H]3OC(C)(C)O[C@@H]3[C@H]2OC1. The van der Waals surface area contributed by atoms with Gasteiger partial charge >= 0.3 is 5.97 Å². The minimum absolute atomic E-state index is 0.213. The highest BCUT2D eigenvalue weighted by Gasteiger charge is 2.56. The maximum Gasteiger partial charge on any atom is 0.335 e. The predicted octanol–water partition coefficient (Wildman–Crippen LogP) is 0.361. The summed E-state index contributed by atoms with van der Waals surface area (Å²) in [6.07, 6.45) is 0.491. The highest BCUT2D eigenvalue weighted by molar-refractivity contribution is 5.88. The molecule has 0 aromatic carbocycles. The number of fused-ring (bicyclic) bond motifs is 3. The lowest BCUT2D eigenvalue weighted by Gasteiger charge is -2.27. The van der Waals surface area contributed by atoms with E-state index < -0.39 is 18.0 Å². The smallest absolute Gasteiger partial charge is 0.335 e. The van der Waals surface area contributed by atoms with Crippen molar-refractivity contribution in [2.75, 3.05) is 13.7 Å². The first-order valence-corrected chi connectivity index (χ1v) is 5.92. The van der Waals surface area contributed by atoms with Gasteiger partial charge in [-0.05, 0) is 19.9 Å². The van der Waals surface area contributed by atoms with Crippen LogP contribution in [0.15, 0.2) is 11.6 Å². The molecule has 3 aliphatic rings. The third-order valence-electron chi connectivity index (χ3n) is 3.27. The van der Waals surface area contributed by atoms with Gasteiger partial charge in [-0.1, -0.05) is 0 Å². The van der Waals surface area contributed by atoms with E-state index in [1.807, 2.05) is 13.8 Å². The highest BCUT2D eigenvalue weighted by Crippen LogP contribution is 2.40. The molecular weight excluding hydrogens is 240 g/mol. The first-order valence-electron chi connectivity index (χ1n) is 5.92. The number of methoxy groups -OCH3 is 1. The second-order valence-electron chi connectivity index (χ2n) is 5.03. The van der Waals surface area contributed by atoms with E-state index >= 15 is 0 Å². The molecule has 0 aromatic rings. The van der Waals surface area contributed by atoms with E-state index in [4.69, 9.17) is 18.9 Å². The molecular formula is C12H16O6. The van der Waals surface area contributed by atoms with E-state index in [9.17, 15) is 4.79 Å². The fourth-order valence-electron chi connectivity index (χ4n) is 2.52. The maximum absolute atomic E-state index is 11.4. The van der Waals surface area contributed by atoms with Crippen LogP contribution in [0, 0.1) is 0 Å². The van der Waals surface area contributed by atoms with Crippen molar-refractivity contribution < 1.29 is 28.5 Å². The van der Waals surface area contributed by atoms with Crippen LogP contribution in [-0.4, -0.2) is 50.1 Å². The standard InChI is InChI=1S/C12H16O6/c1-12(2)17-9-8-7(16-11(9)18-12)4-6(5-15-8)10(13)14-3/h4,7-9,11H,5H2,1-3H3/t7-,8+,9-,11-/m1/s1. The van der Waals surface area contributed by atoms with Crippen molar-refractivity contribution in [1.82, 2.24) is 0 Å². The summed E-state index contributed by atoms with van der Waals surface area (Å²) >= 11 is 0. The highest BCUT2D eigenvalue weighted by atomic mass is 16.8. The Morgan fingerprint density at radius 2 is 2.17 bits per heavy atom. The summed E-state index contributed by atoms with van der Waals surface area (Å²) in [6, 6.07) is 0. The number of hydrogen-bond acceptors (Lipinski definition) is 6. The lowest BCUT2D eigenvalue weighted by atomic mass is 10.0. The molecule has 0 spiro atoms. The summed E-state index contributed by atoms with van der Waals surface area (Å²) in [5, 5.41) is 0. The summed E-state index contributed by atoms with van der Waals surface area (Å²) in [4.78, 5) is 11.4. The molecule has 0 saturated carbocycles. The van der Waals surface area contributed by atoms with E-state index in [1.54, 1.807) is 6.08 Å². The van der Waals surface area contributed by atoms with E-state index in [-0.39, 0.29) is 24.9 Å². The molecule has 0 amide bonds. The van der Waals surface area contributed by atoms with Crippen molar-refractivity contribution >= 4 is 5.97 Å². The van der Waals surface area contributed by atoms with Gasteiger partial charge in [-0.3, -0.25) is 0 Å². The summed E-state index contributed by atoms with van der Waals surface area (Å²) in [6.45, 7) is 3.88. The van der Waals surface area contributed by atoms with Crippen molar-refractivity contribution in [3.05, 3.63) is 11.6 Å². The Kier molecular flexibility index (Phi) is 2.71. The van der Waals surface area contributed by atoms with Crippen LogP contribution in [0.3, 0.4) is 0 Å². The van der Waals surface area contributed by atoms with E-state index in [1.165, 1.54) is 7.11 Å². The quantitative estimate of drug-likeness (QED) is 0.631. The Hall–Kier alpha value is -0.950. The summed E-state index contributed by atoms with van der Waals surface area (Å²) < 4.78 is 27.4. The van der Waals surface area contributed by atoms with Crippen LogP contribution in [0.4, 0.5) is 0 Å². The molecule has 3 rings (SSSR count). The van der Waals surface area contributed by atoms with Gasteiger partial charge in [-0.2, -0.15) is 0 Å². The monoisotopic (exact) mass is 256 g/mol. The van der Waals surface area contributed by atoms with E-state index in [0.717, 1.165) is 0 Å². The van der Waals surface area contributed by atoms with Crippen molar-refractivity contribution in [1.29, 1.82) is 0 Å². The first-order chi connectivity index (χ1) is 8.50. The van der Waals surface area contributed by atoms with Crippen molar-refractivity contribution in [3.8, 4) is 0 Å². The number of hydrogen-bond donors (Lipinski definition) is 0. The fraction of sp³-hybridized carbons (Fsp3) is 0.750. The molecule has 18 heavy (non-hydrogen) atoms. The molecule has 0 aliphatic carbocycles. The zero-order valence-electron chi connectivity index (χ0n) is 10.5. The van der Waals surface area contributed by atoms with Gasteiger partial charge in [0.15, 0.2) is 12.1 Å². The molecule has 6 heteroatoms. The van der Waals surface area contributed by atoms with Gasteiger partial charge in [0.05, 0.1) is 19.3 Å². The zero-order valence-corrected chi connectivity index (χ0v) is 10.5. The Morgan fingerprint density at radius 1 is 1.39 bits per heavy atom. The second-order valence-corrected chi connectivity index (χ2v) is 5.03. The molecule has 3 heterocycles. The average Bonchev–Trinajstić information content (AvgIpc) is 2.78. The van der Waals surface area contributed by atoms with Gasteiger partial charge in [-0.25, -0.2) is 4.79 Å². The predicted molar refractivity (Wildman–Crippen MR) is 58.5 cm³/mol. The third kappa shape index (κ3) is 1.85. The Balaban J connectivity index is 1.76. The van der Waals surface area contributed by atoms with Crippen LogP contribution in [0.5, 0.6) is 0 Å². The normalized spacial score (nSPS) is 40.9. The second kappa shape index (κ2) is 4.03. The Bertz CT molecular complexity index is 401. The molecule has 100 valence electrons. The molecule has 0 N–H and O–H groups in total. The fourth-order valence-corrected chi connectivity index (χ4v) is 2.52. The number of esters is 1. The van der Waals surface area contributed by atoms with Gasteiger partial charge in [0.2, 0.25) is 0 Å². The number of carbonyl (C=O) groups is 1. The summed E-state index contributed by atoms with van der Waals surface area (Å²) in [5.74, 6) is -1.05. The molecule has 4 atom stereocenters. The number of ether oxygens (including phenoxy) is 5. The van der Waals surface area contributed by atoms with Crippen LogP contribution >= 0.6 is 0 Å². The Morgan fingerprint density at radius 3 is 2.89 bits per heavy atom.